The minimum atomic E-state index is 0.153. The molecule has 0 aromatic heterocycles. The highest BCUT2D eigenvalue weighted by Gasteiger charge is 2.24. The highest BCUT2D eigenvalue weighted by molar-refractivity contribution is 7.80. The minimum absolute atomic E-state index is 0.153. The molecule has 20 heavy (non-hydrogen) atoms. The van der Waals surface area contributed by atoms with Gasteiger partial charge in [-0.2, -0.15) is 12.6 Å². The first-order valence-corrected chi connectivity index (χ1v) is 7.97. The van der Waals surface area contributed by atoms with Crippen LogP contribution in [0.5, 0.6) is 0 Å². The summed E-state index contributed by atoms with van der Waals surface area (Å²) >= 11 is 4.42. The van der Waals surface area contributed by atoms with Gasteiger partial charge in [-0.3, -0.25) is 9.80 Å². The average Bonchev–Trinajstić information content (AvgIpc) is 2.43. The van der Waals surface area contributed by atoms with Crippen LogP contribution < -0.4 is 0 Å². The quantitative estimate of drug-likeness (QED) is 0.613. The summed E-state index contributed by atoms with van der Waals surface area (Å²) in [5, 5.41) is 0.289. The van der Waals surface area contributed by atoms with E-state index in [0.717, 1.165) is 39.3 Å². The topological polar surface area (TPSA) is 30.0 Å². The molecule has 1 saturated heterocycles. The Morgan fingerprint density at radius 2 is 1.70 bits per heavy atom. The van der Waals surface area contributed by atoms with Crippen LogP contribution in [0.1, 0.15) is 20.8 Å². The van der Waals surface area contributed by atoms with Gasteiger partial charge in [0.2, 0.25) is 0 Å². The number of nitrogens with zero attached hydrogens (tertiary/aromatic N) is 4. The van der Waals surface area contributed by atoms with Gasteiger partial charge < -0.3 is 9.80 Å². The monoisotopic (exact) mass is 302 g/mol. The van der Waals surface area contributed by atoms with Crippen LogP contribution >= 0.6 is 12.6 Å². The van der Waals surface area contributed by atoms with Gasteiger partial charge in [-0.15, -0.1) is 0 Å². The third-order valence-corrected chi connectivity index (χ3v) is 4.52. The van der Waals surface area contributed by atoms with Crippen LogP contribution in [-0.2, 0) is 0 Å². The first-order chi connectivity index (χ1) is 9.32. The normalized spacial score (nSPS) is 18.7. The molecule has 1 rings (SSSR count). The van der Waals surface area contributed by atoms with Crippen molar-refractivity contribution in [2.45, 2.75) is 32.2 Å². The van der Waals surface area contributed by atoms with E-state index >= 15 is 0 Å². The molecule has 0 radical (unpaired) electrons. The molecule has 0 spiro atoms. The maximum atomic E-state index is 12.2. The van der Waals surface area contributed by atoms with E-state index < -0.39 is 0 Å². The number of piperazine rings is 1. The van der Waals surface area contributed by atoms with Gasteiger partial charge in [-0.1, -0.05) is 0 Å². The van der Waals surface area contributed by atoms with Crippen LogP contribution in [0.3, 0.4) is 0 Å². The summed E-state index contributed by atoms with van der Waals surface area (Å²) in [6.45, 7) is 11.8. The van der Waals surface area contributed by atoms with Gasteiger partial charge in [0, 0.05) is 57.7 Å². The van der Waals surface area contributed by atoms with Gasteiger partial charge in [0.25, 0.3) is 0 Å². The van der Waals surface area contributed by atoms with Crippen molar-refractivity contribution in [1.82, 2.24) is 19.6 Å². The zero-order chi connectivity index (χ0) is 15.3. The smallest absolute Gasteiger partial charge is 0.320 e. The largest absolute Gasteiger partial charge is 0.325 e. The Morgan fingerprint density at radius 3 is 2.15 bits per heavy atom. The number of carbonyl (C=O) groups is 1. The number of urea groups is 1. The molecular formula is C14H30N4OS. The maximum Gasteiger partial charge on any atom is 0.320 e. The molecule has 0 aromatic carbocycles. The highest BCUT2D eigenvalue weighted by atomic mass is 32.1. The molecule has 0 aromatic rings. The van der Waals surface area contributed by atoms with Crippen molar-refractivity contribution in [3.63, 3.8) is 0 Å². The number of amides is 2. The van der Waals surface area contributed by atoms with Gasteiger partial charge in [-0.25, -0.2) is 4.79 Å². The van der Waals surface area contributed by atoms with Crippen LogP contribution in [0.25, 0.3) is 0 Å². The predicted molar refractivity (Wildman–Crippen MR) is 87.4 cm³/mol. The van der Waals surface area contributed by atoms with Gasteiger partial charge in [-0.05, 0) is 27.8 Å². The summed E-state index contributed by atoms with van der Waals surface area (Å²) in [7, 11) is 3.97. The van der Waals surface area contributed by atoms with E-state index in [0.29, 0.717) is 0 Å². The van der Waals surface area contributed by atoms with E-state index in [9.17, 15) is 4.79 Å². The van der Waals surface area contributed by atoms with Crippen molar-refractivity contribution in [2.75, 3.05) is 53.4 Å². The zero-order valence-corrected chi connectivity index (χ0v) is 14.4. The highest BCUT2D eigenvalue weighted by Crippen LogP contribution is 2.07. The summed E-state index contributed by atoms with van der Waals surface area (Å²) in [5.74, 6) is 0. The molecular weight excluding hydrogens is 272 g/mol. The van der Waals surface area contributed by atoms with Crippen LogP contribution in [0.4, 0.5) is 4.79 Å². The molecule has 1 aliphatic heterocycles. The number of carbonyl (C=O) groups excluding carboxylic acids is 1. The Labute approximate surface area is 129 Å². The lowest BCUT2D eigenvalue weighted by Crippen LogP contribution is -2.54. The number of thiol groups is 1. The SMILES string of the molecule is CC(S)N(C)CCN1CCN(C(=O)N(C)C(C)C)CC1. The first kappa shape index (κ1) is 17.6. The van der Waals surface area contributed by atoms with E-state index in [4.69, 9.17) is 0 Å². The summed E-state index contributed by atoms with van der Waals surface area (Å²) in [6, 6.07) is 0.409. The van der Waals surface area contributed by atoms with Gasteiger partial charge in [0.05, 0.1) is 0 Å². The summed E-state index contributed by atoms with van der Waals surface area (Å²) in [6.07, 6.45) is 0. The van der Waals surface area contributed by atoms with E-state index in [1.54, 1.807) is 0 Å². The average molecular weight is 302 g/mol. The second-order valence-electron chi connectivity index (χ2n) is 5.93. The Bertz CT molecular complexity index is 304. The molecule has 1 aliphatic rings. The van der Waals surface area contributed by atoms with Crippen molar-refractivity contribution in [3.05, 3.63) is 0 Å². The molecule has 0 N–H and O–H groups in total. The van der Waals surface area contributed by atoms with Gasteiger partial charge in [0.15, 0.2) is 0 Å². The lowest BCUT2D eigenvalue weighted by atomic mass is 10.3. The third kappa shape index (κ3) is 5.14. The molecule has 1 heterocycles. The molecule has 0 bridgehead atoms. The van der Waals surface area contributed by atoms with Crippen molar-refractivity contribution in [2.24, 2.45) is 0 Å². The van der Waals surface area contributed by atoms with Crippen LogP contribution in [-0.4, -0.2) is 90.4 Å². The van der Waals surface area contributed by atoms with Crippen LogP contribution in [0.15, 0.2) is 0 Å². The fraction of sp³-hybridized carbons (Fsp3) is 0.929. The molecule has 6 heteroatoms. The lowest BCUT2D eigenvalue weighted by Gasteiger charge is -2.38. The fourth-order valence-corrected chi connectivity index (χ4v) is 2.21. The van der Waals surface area contributed by atoms with Crippen molar-refractivity contribution in [3.8, 4) is 0 Å². The number of likely N-dealkylation sites (N-methyl/N-ethyl adjacent to an activating group) is 1. The third-order valence-electron chi connectivity index (χ3n) is 4.13. The second-order valence-corrected chi connectivity index (χ2v) is 6.68. The van der Waals surface area contributed by atoms with E-state index in [1.165, 1.54) is 0 Å². The molecule has 1 fully saturated rings. The fourth-order valence-electron chi connectivity index (χ4n) is 2.09. The van der Waals surface area contributed by atoms with Crippen molar-refractivity contribution in [1.29, 1.82) is 0 Å². The Hall–Kier alpha value is -0.460. The van der Waals surface area contributed by atoms with Crippen LogP contribution in [0, 0.1) is 0 Å². The molecule has 2 amide bonds. The van der Waals surface area contributed by atoms with Crippen LogP contribution in [0.2, 0.25) is 0 Å². The molecule has 118 valence electrons. The number of hydrogen-bond acceptors (Lipinski definition) is 4. The summed E-state index contributed by atoms with van der Waals surface area (Å²) in [5.41, 5.74) is 0. The predicted octanol–water partition coefficient (Wildman–Crippen LogP) is 1.27. The Morgan fingerprint density at radius 1 is 1.15 bits per heavy atom. The van der Waals surface area contributed by atoms with Gasteiger partial charge >= 0.3 is 6.03 Å². The second kappa shape index (κ2) is 8.10. The number of hydrogen-bond donors (Lipinski definition) is 1. The Kier molecular flexibility index (Phi) is 7.12. The number of rotatable bonds is 5. The van der Waals surface area contributed by atoms with Crippen molar-refractivity contribution >= 4 is 18.7 Å². The summed E-state index contributed by atoms with van der Waals surface area (Å²) < 4.78 is 0. The van der Waals surface area contributed by atoms with Gasteiger partial charge in [0.1, 0.15) is 0 Å². The van der Waals surface area contributed by atoms with E-state index in [1.807, 2.05) is 30.7 Å². The molecule has 1 atom stereocenters. The lowest BCUT2D eigenvalue weighted by molar-refractivity contribution is 0.107. The minimum Gasteiger partial charge on any atom is -0.325 e. The van der Waals surface area contributed by atoms with E-state index in [-0.39, 0.29) is 17.4 Å². The molecule has 0 aliphatic carbocycles. The van der Waals surface area contributed by atoms with E-state index in [2.05, 4.69) is 36.4 Å². The standard InChI is InChI=1S/C14H30N4OS/c1-12(2)16(5)14(19)18-10-8-17(9-11-18)7-6-15(4)13(3)20/h12-13,20H,6-11H2,1-5H3. The first-order valence-electron chi connectivity index (χ1n) is 7.45. The zero-order valence-electron chi connectivity index (χ0n) is 13.5. The summed E-state index contributed by atoms with van der Waals surface area (Å²) in [4.78, 5) is 20.6. The maximum absolute atomic E-state index is 12.2. The molecule has 0 saturated carbocycles. The molecule has 1 unspecified atom stereocenters. The van der Waals surface area contributed by atoms with Crippen molar-refractivity contribution < 1.29 is 4.79 Å². The molecule has 5 nitrogen and oxygen atoms in total. The Balaban J connectivity index is 2.31.